The van der Waals surface area contributed by atoms with Gasteiger partial charge < -0.3 is 13.9 Å². The van der Waals surface area contributed by atoms with Crippen LogP contribution in [0.2, 0.25) is 0 Å². The van der Waals surface area contributed by atoms with E-state index in [-0.39, 0.29) is 37.3 Å². The van der Waals surface area contributed by atoms with Gasteiger partial charge in [0.05, 0.1) is 11.4 Å². The number of hydrogen-bond donors (Lipinski definition) is 0. The second-order valence-electron chi connectivity index (χ2n) is 20.6. The zero-order valence-electron chi connectivity index (χ0n) is 41.7. The van der Waals surface area contributed by atoms with E-state index in [2.05, 4.69) is 275 Å². The second kappa shape index (κ2) is 19.2. The number of ether oxygens (including phenoxy) is 1. The predicted octanol–water partition coefficient (Wildman–Crippen LogP) is 15.7. The van der Waals surface area contributed by atoms with Crippen molar-refractivity contribution >= 4 is 21.8 Å². The average molecular weight is 1120 g/mol. The Labute approximate surface area is 438 Å². The van der Waals surface area contributed by atoms with Gasteiger partial charge in [-0.2, -0.15) is 12.1 Å². The van der Waals surface area contributed by atoms with E-state index in [1.807, 2.05) is 18.3 Å². The van der Waals surface area contributed by atoms with Crippen molar-refractivity contribution in [3.8, 4) is 51.1 Å². The van der Waals surface area contributed by atoms with E-state index in [9.17, 15) is 0 Å². The summed E-state index contributed by atoms with van der Waals surface area (Å²) in [6.07, 6.45) is 7.90. The molecule has 0 aliphatic rings. The van der Waals surface area contributed by atoms with Crippen molar-refractivity contribution in [3.63, 3.8) is 0 Å². The van der Waals surface area contributed by atoms with E-state index in [1.54, 1.807) is 0 Å². The Bertz CT molecular complexity index is 3700. The fourth-order valence-electron chi connectivity index (χ4n) is 9.81. The molecule has 3 aromatic heterocycles. The summed E-state index contributed by atoms with van der Waals surface area (Å²) in [5.74, 6) is 1.94. The third-order valence-electron chi connectivity index (χ3n) is 14.2. The van der Waals surface area contributed by atoms with Gasteiger partial charge in [-0.25, -0.2) is 4.98 Å². The van der Waals surface area contributed by atoms with Crippen LogP contribution in [0.4, 0.5) is 0 Å². The third kappa shape index (κ3) is 9.15. The van der Waals surface area contributed by atoms with Gasteiger partial charge in [0, 0.05) is 61.3 Å². The minimum Gasteiger partial charge on any atom is -0.510 e. The number of rotatable bonds is 11. The Morgan fingerprint density at radius 3 is 1.75 bits per heavy atom. The molecule has 0 aliphatic heterocycles. The van der Waals surface area contributed by atoms with E-state index in [4.69, 9.17) is 9.72 Å². The number of para-hydroxylation sites is 1. The number of hydrogen-bond acceptors (Lipinski definition) is 2. The van der Waals surface area contributed by atoms with Gasteiger partial charge in [0.15, 0.2) is 0 Å². The van der Waals surface area contributed by atoms with Crippen molar-refractivity contribution in [1.82, 2.24) is 14.1 Å². The molecule has 0 atom stereocenters. The molecule has 0 N–H and O–H groups in total. The molecule has 8 aromatic carbocycles. The summed E-state index contributed by atoms with van der Waals surface area (Å²) < 4.78 is 13.4. The van der Waals surface area contributed by atoms with Gasteiger partial charge in [-0.15, -0.1) is 35.2 Å². The summed E-state index contributed by atoms with van der Waals surface area (Å²) in [6, 6.07) is 78.0. The van der Waals surface area contributed by atoms with Gasteiger partial charge in [0.2, 0.25) is 0 Å². The molecule has 0 saturated heterocycles. The summed E-state index contributed by atoms with van der Waals surface area (Å²) in [7, 11) is 0. The van der Waals surface area contributed by atoms with E-state index in [0.29, 0.717) is 11.5 Å². The zero-order valence-corrected chi connectivity index (χ0v) is 44.0. The Hall–Kier alpha value is -7.59. The standard InChI is InChI=1S/C66H56N4O.Pt/c1-64(2,3)52-38-53(66(6,7)50-28-18-11-19-29-50)40-54(39-52)68-44-62(47-24-14-9-15-25-47)69(45-68)55-36-48(46-22-12-8-13-23-46)37-57(42-55)71-56-32-33-59-58-30-20-21-31-60(58)70(61(59)43-56)63-41-51(34-35-67-63)65(4,5)49-26-16-10-17-27-49;/h8-41,44H,1-7H3;/q-2;. The molecule has 3 heterocycles. The third-order valence-corrected chi connectivity index (χ3v) is 14.2. The molecule has 0 spiro atoms. The Kier molecular flexibility index (Phi) is 12.8. The van der Waals surface area contributed by atoms with Crippen molar-refractivity contribution in [2.45, 2.75) is 64.7 Å². The van der Waals surface area contributed by atoms with E-state index < -0.39 is 0 Å². The molecule has 0 amide bonds. The van der Waals surface area contributed by atoms with Crippen LogP contribution in [0.1, 0.15) is 76.3 Å². The van der Waals surface area contributed by atoms with Crippen LogP contribution >= 0.6 is 0 Å². The molecule has 6 heteroatoms. The summed E-state index contributed by atoms with van der Waals surface area (Å²) >= 11 is 0. The fraction of sp³-hybridized carbons (Fsp3) is 0.152. The van der Waals surface area contributed by atoms with Gasteiger partial charge in [-0.1, -0.05) is 200 Å². The maximum absolute atomic E-state index is 6.94. The molecule has 0 aliphatic carbocycles. The first-order valence-electron chi connectivity index (χ1n) is 24.4. The van der Waals surface area contributed by atoms with Crippen LogP contribution < -0.4 is 9.30 Å². The van der Waals surface area contributed by atoms with Crippen molar-refractivity contribution in [2.24, 2.45) is 0 Å². The second-order valence-corrected chi connectivity index (χ2v) is 20.6. The molecule has 0 radical (unpaired) electrons. The van der Waals surface area contributed by atoms with E-state index >= 15 is 0 Å². The van der Waals surface area contributed by atoms with E-state index in [0.717, 1.165) is 61.4 Å². The van der Waals surface area contributed by atoms with Crippen LogP contribution in [0, 0.1) is 18.5 Å². The summed E-state index contributed by atoms with van der Waals surface area (Å²) in [5, 5.41) is 2.18. The molecule has 72 heavy (non-hydrogen) atoms. The average Bonchev–Trinajstić information content (AvgIpc) is 4.00. The molecular weight excluding hydrogens is 1060 g/mol. The van der Waals surface area contributed by atoms with Crippen molar-refractivity contribution in [3.05, 3.63) is 259 Å². The number of pyridine rings is 1. The molecule has 0 saturated carbocycles. The minimum atomic E-state index is -0.249. The van der Waals surface area contributed by atoms with Crippen LogP contribution in [-0.4, -0.2) is 14.1 Å². The maximum Gasteiger partial charge on any atom is 0.267 e. The van der Waals surface area contributed by atoms with Crippen LogP contribution in [0.25, 0.3) is 61.4 Å². The molecule has 0 unspecified atom stereocenters. The van der Waals surface area contributed by atoms with Crippen molar-refractivity contribution < 1.29 is 30.4 Å². The predicted molar refractivity (Wildman–Crippen MR) is 289 cm³/mol. The normalized spacial score (nSPS) is 12.0. The summed E-state index contributed by atoms with van der Waals surface area (Å²) in [4.78, 5) is 4.99. The van der Waals surface area contributed by atoms with Crippen LogP contribution in [0.5, 0.6) is 11.5 Å². The van der Waals surface area contributed by atoms with Crippen LogP contribution in [-0.2, 0) is 37.3 Å². The molecule has 11 aromatic rings. The van der Waals surface area contributed by atoms with Crippen molar-refractivity contribution in [2.75, 3.05) is 0 Å². The first-order chi connectivity index (χ1) is 34.3. The largest absolute Gasteiger partial charge is 0.510 e. The van der Waals surface area contributed by atoms with Gasteiger partial charge in [0.25, 0.3) is 6.33 Å². The first-order valence-corrected chi connectivity index (χ1v) is 24.4. The SMILES string of the molecule is CC(C)(C)c1cc(-[n+]2[c-]n(-c3[c-]c(Oc4[c-]c5c(cc4)c4ccccc4n5-c4cc(C(C)(C)c5ccccc5)ccn4)cc(-c4ccccc4)c3)c(-c3ccccc3)c2)cc(C(C)(C)c2ccccc2)c1.[Pt]. The Morgan fingerprint density at radius 1 is 0.486 bits per heavy atom. The molecular formula is C66H56N4OPt-2. The number of imidazole rings is 1. The summed E-state index contributed by atoms with van der Waals surface area (Å²) in [6.45, 7) is 16.0. The molecule has 5 nitrogen and oxygen atoms in total. The maximum atomic E-state index is 6.94. The van der Waals surface area contributed by atoms with Gasteiger partial charge >= 0.3 is 0 Å². The van der Waals surface area contributed by atoms with Crippen LogP contribution in [0.3, 0.4) is 0 Å². The monoisotopic (exact) mass is 1120 g/mol. The molecule has 11 rings (SSSR count). The molecule has 358 valence electrons. The minimum absolute atomic E-state index is 0. The van der Waals surface area contributed by atoms with Crippen LogP contribution in [0.15, 0.2) is 213 Å². The smallest absolute Gasteiger partial charge is 0.267 e. The van der Waals surface area contributed by atoms with Gasteiger partial charge in [-0.3, -0.25) is 4.57 Å². The number of aromatic nitrogens is 4. The molecule has 0 fully saturated rings. The summed E-state index contributed by atoms with van der Waals surface area (Å²) in [5.41, 5.74) is 13.4. The fourth-order valence-corrected chi connectivity index (χ4v) is 9.81. The molecule has 0 bridgehead atoms. The zero-order chi connectivity index (χ0) is 48.9. The topological polar surface area (TPSA) is 35.9 Å². The first kappa shape index (κ1) is 48.1. The van der Waals surface area contributed by atoms with Gasteiger partial charge in [-0.05, 0) is 85.8 Å². The van der Waals surface area contributed by atoms with Crippen molar-refractivity contribution in [1.29, 1.82) is 0 Å². The van der Waals surface area contributed by atoms with E-state index in [1.165, 1.54) is 27.8 Å². The quantitative estimate of drug-likeness (QED) is 0.0956. The Balaban J connectivity index is 0.00000596. The number of nitrogens with zero attached hydrogens (tertiary/aromatic N) is 4. The Morgan fingerprint density at radius 2 is 1.08 bits per heavy atom. The van der Waals surface area contributed by atoms with Gasteiger partial charge in [0.1, 0.15) is 5.82 Å². The number of fused-ring (bicyclic) bond motifs is 3. The number of benzene rings is 8.